The highest BCUT2D eigenvalue weighted by Crippen LogP contribution is 2.32. The predicted octanol–water partition coefficient (Wildman–Crippen LogP) is 1.05. The lowest BCUT2D eigenvalue weighted by Gasteiger charge is -2.07. The Hall–Kier alpha value is -0.730. The third-order valence-corrected chi connectivity index (χ3v) is 1.68. The second-order valence-electron chi connectivity index (χ2n) is 2.58. The van der Waals surface area contributed by atoms with E-state index in [9.17, 15) is 4.79 Å². The molecule has 0 aliphatic heterocycles. The summed E-state index contributed by atoms with van der Waals surface area (Å²) in [6.45, 7) is 1.91. The minimum Gasteiger partial charge on any atom is -0.465 e. The summed E-state index contributed by atoms with van der Waals surface area (Å²) < 4.78 is 0. The van der Waals surface area contributed by atoms with Crippen molar-refractivity contribution in [3.8, 4) is 0 Å². The molecule has 1 amide bonds. The van der Waals surface area contributed by atoms with Crippen LogP contribution >= 0.6 is 0 Å². The van der Waals surface area contributed by atoms with Gasteiger partial charge in [0.2, 0.25) is 0 Å². The first-order valence-electron chi connectivity index (χ1n) is 3.19. The smallest absolute Gasteiger partial charge is 0.404 e. The highest BCUT2D eigenvalue weighted by atomic mass is 16.4. The fourth-order valence-electron chi connectivity index (χ4n) is 0.909. The van der Waals surface area contributed by atoms with E-state index in [0.717, 1.165) is 0 Å². The highest BCUT2D eigenvalue weighted by molar-refractivity contribution is 5.64. The van der Waals surface area contributed by atoms with Gasteiger partial charge in [0.15, 0.2) is 0 Å². The summed E-state index contributed by atoms with van der Waals surface area (Å²) in [4.78, 5) is 10.0. The number of hydrogen-bond acceptors (Lipinski definition) is 1. The first kappa shape index (κ1) is 6.39. The standard InChI is InChI=1S/C6H11NO2/c1-4(5-2-3-5)7-6(8)9/h4-5,7H,2-3H2,1H3,(H,8,9)/t4-/m1/s1. The molecular formula is C6H11NO2. The van der Waals surface area contributed by atoms with Gasteiger partial charge in [-0.3, -0.25) is 0 Å². The molecule has 0 radical (unpaired) electrons. The molecule has 3 heteroatoms. The van der Waals surface area contributed by atoms with Gasteiger partial charge in [-0.15, -0.1) is 0 Å². The molecule has 1 saturated carbocycles. The van der Waals surface area contributed by atoms with Crippen LogP contribution in [0.3, 0.4) is 0 Å². The van der Waals surface area contributed by atoms with Crippen LogP contribution in [-0.4, -0.2) is 17.2 Å². The van der Waals surface area contributed by atoms with Crippen molar-refractivity contribution in [2.75, 3.05) is 0 Å². The lowest BCUT2D eigenvalue weighted by Crippen LogP contribution is -2.32. The monoisotopic (exact) mass is 129 g/mol. The van der Waals surface area contributed by atoms with Gasteiger partial charge in [-0.2, -0.15) is 0 Å². The molecule has 52 valence electrons. The van der Waals surface area contributed by atoms with E-state index >= 15 is 0 Å². The van der Waals surface area contributed by atoms with Crippen LogP contribution in [-0.2, 0) is 0 Å². The molecule has 1 aliphatic carbocycles. The van der Waals surface area contributed by atoms with E-state index in [1.165, 1.54) is 12.8 Å². The van der Waals surface area contributed by atoms with Crippen molar-refractivity contribution in [1.29, 1.82) is 0 Å². The first-order valence-corrected chi connectivity index (χ1v) is 3.19. The molecule has 0 aromatic rings. The van der Waals surface area contributed by atoms with Crippen LogP contribution in [0.4, 0.5) is 4.79 Å². The van der Waals surface area contributed by atoms with Crippen LogP contribution in [0.25, 0.3) is 0 Å². The van der Waals surface area contributed by atoms with Gasteiger partial charge >= 0.3 is 6.09 Å². The lowest BCUT2D eigenvalue weighted by atomic mass is 10.2. The zero-order valence-electron chi connectivity index (χ0n) is 5.42. The minimum absolute atomic E-state index is 0.155. The number of carbonyl (C=O) groups is 1. The quantitative estimate of drug-likeness (QED) is 0.585. The maximum absolute atomic E-state index is 10.0. The normalized spacial score (nSPS) is 21.0. The van der Waals surface area contributed by atoms with E-state index in [-0.39, 0.29) is 6.04 Å². The molecule has 0 unspecified atom stereocenters. The average molecular weight is 129 g/mol. The molecule has 0 aromatic carbocycles. The summed E-state index contributed by atoms with van der Waals surface area (Å²) in [7, 11) is 0. The van der Waals surface area contributed by atoms with E-state index in [4.69, 9.17) is 5.11 Å². The molecule has 0 aromatic heterocycles. The number of hydrogen-bond donors (Lipinski definition) is 2. The lowest BCUT2D eigenvalue weighted by molar-refractivity contribution is 0.189. The number of nitrogens with one attached hydrogen (secondary N) is 1. The van der Waals surface area contributed by atoms with Gasteiger partial charge < -0.3 is 10.4 Å². The topological polar surface area (TPSA) is 49.3 Å². The summed E-state index contributed by atoms with van der Waals surface area (Å²) in [6.07, 6.45) is 1.46. The summed E-state index contributed by atoms with van der Waals surface area (Å²) in [6, 6.07) is 0.155. The van der Waals surface area contributed by atoms with Crippen molar-refractivity contribution in [3.05, 3.63) is 0 Å². The molecule has 0 spiro atoms. The summed E-state index contributed by atoms with van der Waals surface area (Å²) in [5, 5.41) is 10.7. The molecule has 9 heavy (non-hydrogen) atoms. The highest BCUT2D eigenvalue weighted by Gasteiger charge is 2.28. The van der Waals surface area contributed by atoms with Crippen LogP contribution in [0.1, 0.15) is 19.8 Å². The Kier molecular flexibility index (Phi) is 1.60. The third kappa shape index (κ3) is 1.91. The SMILES string of the molecule is C[C@@H](NC(=O)O)C1CC1. The van der Waals surface area contributed by atoms with Gasteiger partial charge in [0.25, 0.3) is 0 Å². The fourth-order valence-corrected chi connectivity index (χ4v) is 0.909. The molecule has 0 bridgehead atoms. The van der Waals surface area contributed by atoms with E-state index in [2.05, 4.69) is 5.32 Å². The van der Waals surface area contributed by atoms with Crippen LogP contribution in [0.5, 0.6) is 0 Å². The molecule has 1 aliphatic rings. The van der Waals surface area contributed by atoms with Crippen molar-refractivity contribution < 1.29 is 9.90 Å². The molecule has 0 saturated heterocycles. The summed E-state index contributed by atoms with van der Waals surface area (Å²) in [5.74, 6) is 0.612. The van der Waals surface area contributed by atoms with E-state index in [0.29, 0.717) is 5.92 Å². The van der Waals surface area contributed by atoms with Crippen molar-refractivity contribution in [3.63, 3.8) is 0 Å². The van der Waals surface area contributed by atoms with Gasteiger partial charge in [-0.05, 0) is 25.7 Å². The first-order chi connectivity index (χ1) is 4.20. The Balaban J connectivity index is 2.17. The van der Waals surface area contributed by atoms with Crippen molar-refractivity contribution in [2.24, 2.45) is 5.92 Å². The second-order valence-corrected chi connectivity index (χ2v) is 2.58. The molecule has 2 N–H and O–H groups in total. The Labute approximate surface area is 54.1 Å². The average Bonchev–Trinajstić information content (AvgIpc) is 2.40. The molecule has 0 heterocycles. The van der Waals surface area contributed by atoms with Crippen LogP contribution in [0.2, 0.25) is 0 Å². The van der Waals surface area contributed by atoms with Crippen molar-refractivity contribution in [2.45, 2.75) is 25.8 Å². The van der Waals surface area contributed by atoms with Gasteiger partial charge in [0, 0.05) is 6.04 Å². The van der Waals surface area contributed by atoms with Gasteiger partial charge in [0.05, 0.1) is 0 Å². The fraction of sp³-hybridized carbons (Fsp3) is 0.833. The third-order valence-electron chi connectivity index (χ3n) is 1.68. The van der Waals surface area contributed by atoms with E-state index in [1.807, 2.05) is 6.92 Å². The van der Waals surface area contributed by atoms with Gasteiger partial charge in [0.1, 0.15) is 0 Å². The van der Waals surface area contributed by atoms with Crippen LogP contribution in [0, 0.1) is 5.92 Å². The van der Waals surface area contributed by atoms with Crippen molar-refractivity contribution in [1.82, 2.24) is 5.32 Å². The zero-order valence-corrected chi connectivity index (χ0v) is 5.42. The van der Waals surface area contributed by atoms with Crippen molar-refractivity contribution >= 4 is 6.09 Å². The van der Waals surface area contributed by atoms with Gasteiger partial charge in [-0.25, -0.2) is 4.79 Å². The molecule has 1 atom stereocenters. The molecule has 1 fully saturated rings. The molecular weight excluding hydrogens is 118 g/mol. The Morgan fingerprint density at radius 3 is 2.67 bits per heavy atom. The number of carboxylic acid groups (broad SMARTS) is 1. The summed E-state index contributed by atoms with van der Waals surface area (Å²) >= 11 is 0. The number of amides is 1. The molecule has 3 nitrogen and oxygen atoms in total. The van der Waals surface area contributed by atoms with Crippen LogP contribution in [0.15, 0.2) is 0 Å². The van der Waals surface area contributed by atoms with Gasteiger partial charge in [-0.1, -0.05) is 0 Å². The largest absolute Gasteiger partial charge is 0.465 e. The van der Waals surface area contributed by atoms with E-state index < -0.39 is 6.09 Å². The summed E-state index contributed by atoms with van der Waals surface area (Å²) in [5.41, 5.74) is 0. The van der Waals surface area contributed by atoms with E-state index in [1.54, 1.807) is 0 Å². The number of rotatable bonds is 2. The Bertz CT molecular complexity index is 120. The Morgan fingerprint density at radius 1 is 1.78 bits per heavy atom. The maximum Gasteiger partial charge on any atom is 0.404 e. The minimum atomic E-state index is -0.908. The molecule has 1 rings (SSSR count). The maximum atomic E-state index is 10.0. The Morgan fingerprint density at radius 2 is 2.33 bits per heavy atom. The van der Waals surface area contributed by atoms with Crippen LogP contribution < -0.4 is 5.32 Å². The predicted molar refractivity (Wildman–Crippen MR) is 33.3 cm³/mol. The second kappa shape index (κ2) is 2.25. The zero-order chi connectivity index (χ0) is 6.85.